The van der Waals surface area contributed by atoms with Crippen LogP contribution in [0.15, 0.2) is 15.9 Å². The Morgan fingerprint density at radius 2 is 2.33 bits per heavy atom. The Bertz CT molecular complexity index is 288. The summed E-state index contributed by atoms with van der Waals surface area (Å²) in [5.74, 6) is 1.22. The number of hydrogen-bond donors (Lipinski definition) is 0. The molecule has 1 aromatic heterocycles. The number of thioether (sulfide) groups is 1. The van der Waals surface area contributed by atoms with Crippen LogP contribution in [-0.4, -0.2) is 30.0 Å². The fourth-order valence-electron chi connectivity index (χ4n) is 1.56. The van der Waals surface area contributed by atoms with Gasteiger partial charge in [-0.1, -0.05) is 6.92 Å². The van der Waals surface area contributed by atoms with Gasteiger partial charge in [-0.25, -0.2) is 0 Å². The third-order valence-corrected chi connectivity index (χ3v) is 4.88. The van der Waals surface area contributed by atoms with Gasteiger partial charge in [0.15, 0.2) is 0 Å². The molecule has 1 aromatic rings. The van der Waals surface area contributed by atoms with Gasteiger partial charge in [0.2, 0.25) is 0 Å². The number of rotatable bonds is 6. The number of hydrogen-bond acceptors (Lipinski definition) is 3. The Balaban J connectivity index is 2.49. The predicted molar refractivity (Wildman–Crippen MR) is 75.9 cm³/mol. The highest BCUT2D eigenvalue weighted by Gasteiger charge is 2.12. The molecule has 15 heavy (non-hydrogen) atoms. The smallest absolute Gasteiger partial charge is 0.0328 e. The van der Waals surface area contributed by atoms with Crippen molar-refractivity contribution in [3.05, 3.63) is 20.8 Å². The molecule has 86 valence electrons. The zero-order valence-electron chi connectivity index (χ0n) is 9.50. The van der Waals surface area contributed by atoms with E-state index in [1.54, 1.807) is 0 Å². The molecule has 0 amide bonds. The van der Waals surface area contributed by atoms with E-state index in [-0.39, 0.29) is 0 Å². The Morgan fingerprint density at radius 3 is 2.80 bits per heavy atom. The molecule has 0 bridgehead atoms. The molecule has 4 heteroatoms. The van der Waals surface area contributed by atoms with Gasteiger partial charge in [0.25, 0.3) is 0 Å². The first-order valence-electron chi connectivity index (χ1n) is 5.09. The van der Waals surface area contributed by atoms with Gasteiger partial charge in [-0.05, 0) is 41.7 Å². The van der Waals surface area contributed by atoms with Crippen molar-refractivity contribution in [3.8, 4) is 0 Å². The molecule has 1 atom stereocenters. The van der Waals surface area contributed by atoms with Crippen LogP contribution in [0.2, 0.25) is 0 Å². The van der Waals surface area contributed by atoms with E-state index in [1.807, 2.05) is 23.1 Å². The van der Waals surface area contributed by atoms with Crippen molar-refractivity contribution in [1.82, 2.24) is 4.90 Å². The normalized spacial score (nSPS) is 13.4. The van der Waals surface area contributed by atoms with E-state index in [2.05, 4.69) is 52.5 Å². The van der Waals surface area contributed by atoms with Gasteiger partial charge in [-0.2, -0.15) is 11.8 Å². The first-order chi connectivity index (χ1) is 7.17. The molecule has 0 radical (unpaired) electrons. The van der Waals surface area contributed by atoms with Crippen LogP contribution < -0.4 is 0 Å². The highest BCUT2D eigenvalue weighted by Crippen LogP contribution is 2.22. The zero-order chi connectivity index (χ0) is 11.3. The topological polar surface area (TPSA) is 3.24 Å². The third kappa shape index (κ3) is 4.47. The van der Waals surface area contributed by atoms with Gasteiger partial charge < -0.3 is 0 Å². The molecule has 1 rings (SSSR count). The van der Waals surface area contributed by atoms with Gasteiger partial charge in [-0.3, -0.25) is 4.90 Å². The maximum absolute atomic E-state index is 3.49. The zero-order valence-corrected chi connectivity index (χ0v) is 12.7. The van der Waals surface area contributed by atoms with Crippen molar-refractivity contribution in [3.63, 3.8) is 0 Å². The Kier molecular flexibility index (Phi) is 6.27. The second-order valence-electron chi connectivity index (χ2n) is 3.66. The molecule has 0 saturated heterocycles. The summed E-state index contributed by atoms with van der Waals surface area (Å²) in [5, 5.41) is 2.15. The van der Waals surface area contributed by atoms with Crippen molar-refractivity contribution in [1.29, 1.82) is 0 Å². The van der Waals surface area contributed by atoms with Crippen LogP contribution in [0.5, 0.6) is 0 Å². The van der Waals surface area contributed by atoms with E-state index in [0.29, 0.717) is 6.04 Å². The van der Waals surface area contributed by atoms with Crippen LogP contribution in [0.25, 0.3) is 0 Å². The maximum Gasteiger partial charge on any atom is 0.0328 e. The molecule has 0 fully saturated rings. The number of thiophene rings is 1. The Labute approximate surface area is 109 Å². The van der Waals surface area contributed by atoms with Crippen molar-refractivity contribution in [2.45, 2.75) is 25.9 Å². The lowest BCUT2D eigenvalue weighted by Crippen LogP contribution is -2.32. The standard InChI is InChI=1S/C11H18BrNS2/c1-4-10(8-14-3)13(2)6-11-5-9(12)7-15-11/h5,7,10H,4,6,8H2,1-3H3. The second kappa shape index (κ2) is 6.94. The molecule has 0 spiro atoms. The van der Waals surface area contributed by atoms with Crippen LogP contribution in [0.4, 0.5) is 0 Å². The summed E-state index contributed by atoms with van der Waals surface area (Å²) >= 11 is 7.25. The van der Waals surface area contributed by atoms with E-state index in [9.17, 15) is 0 Å². The summed E-state index contributed by atoms with van der Waals surface area (Å²) in [7, 11) is 2.22. The van der Waals surface area contributed by atoms with Crippen LogP contribution in [-0.2, 0) is 6.54 Å². The molecule has 0 saturated carbocycles. The third-order valence-electron chi connectivity index (χ3n) is 2.48. The number of halogens is 1. The van der Waals surface area contributed by atoms with Crippen molar-refractivity contribution < 1.29 is 0 Å². The lowest BCUT2D eigenvalue weighted by molar-refractivity contribution is 0.250. The van der Waals surface area contributed by atoms with Gasteiger partial charge in [0.1, 0.15) is 0 Å². The fraction of sp³-hybridized carbons (Fsp3) is 0.636. The minimum atomic E-state index is 0.695. The summed E-state index contributed by atoms with van der Waals surface area (Å²) in [4.78, 5) is 3.89. The largest absolute Gasteiger partial charge is 0.298 e. The molecule has 0 aliphatic heterocycles. The molecule has 0 aromatic carbocycles. The molecule has 0 aliphatic rings. The first-order valence-corrected chi connectivity index (χ1v) is 8.16. The molecule has 0 aliphatic carbocycles. The fourth-order valence-corrected chi connectivity index (χ4v) is 3.95. The molecule has 0 N–H and O–H groups in total. The van der Waals surface area contributed by atoms with E-state index < -0.39 is 0 Å². The molecule has 1 nitrogen and oxygen atoms in total. The van der Waals surface area contributed by atoms with Crippen molar-refractivity contribution >= 4 is 39.0 Å². The average Bonchev–Trinajstić information content (AvgIpc) is 2.60. The van der Waals surface area contributed by atoms with Crippen molar-refractivity contribution in [2.24, 2.45) is 0 Å². The lowest BCUT2D eigenvalue weighted by atomic mass is 10.2. The van der Waals surface area contributed by atoms with E-state index in [0.717, 1.165) is 6.54 Å². The van der Waals surface area contributed by atoms with Crippen LogP contribution in [0.3, 0.4) is 0 Å². The molecular formula is C11H18BrNS2. The van der Waals surface area contributed by atoms with Crippen molar-refractivity contribution in [2.75, 3.05) is 19.1 Å². The van der Waals surface area contributed by atoms with E-state index >= 15 is 0 Å². The van der Waals surface area contributed by atoms with Gasteiger partial charge in [0.05, 0.1) is 0 Å². The van der Waals surface area contributed by atoms with Gasteiger partial charge in [0, 0.05) is 33.1 Å². The summed E-state index contributed by atoms with van der Waals surface area (Å²) in [5.41, 5.74) is 0. The molecule has 1 unspecified atom stereocenters. The predicted octanol–water partition coefficient (Wildman–Crippen LogP) is 4.08. The van der Waals surface area contributed by atoms with E-state index in [4.69, 9.17) is 0 Å². The summed E-state index contributed by atoms with van der Waals surface area (Å²) in [6.07, 6.45) is 3.40. The monoisotopic (exact) mass is 307 g/mol. The Hall–Kier alpha value is 0.490. The average molecular weight is 308 g/mol. The number of nitrogens with zero attached hydrogens (tertiary/aromatic N) is 1. The van der Waals surface area contributed by atoms with Crippen LogP contribution in [0.1, 0.15) is 18.2 Å². The van der Waals surface area contributed by atoms with Crippen LogP contribution >= 0.6 is 39.0 Å². The quantitative estimate of drug-likeness (QED) is 0.779. The van der Waals surface area contributed by atoms with E-state index in [1.165, 1.54) is 21.5 Å². The minimum Gasteiger partial charge on any atom is -0.298 e. The van der Waals surface area contributed by atoms with Crippen LogP contribution in [0, 0.1) is 0 Å². The maximum atomic E-state index is 3.49. The minimum absolute atomic E-state index is 0.695. The SMILES string of the molecule is CCC(CSC)N(C)Cc1cc(Br)cs1. The van der Waals surface area contributed by atoms with Gasteiger partial charge in [-0.15, -0.1) is 11.3 Å². The van der Waals surface area contributed by atoms with Gasteiger partial charge >= 0.3 is 0 Å². The first kappa shape index (κ1) is 13.6. The summed E-state index contributed by atoms with van der Waals surface area (Å²) < 4.78 is 1.20. The molecular weight excluding hydrogens is 290 g/mol. The highest BCUT2D eigenvalue weighted by molar-refractivity contribution is 9.10. The lowest BCUT2D eigenvalue weighted by Gasteiger charge is -2.25. The Morgan fingerprint density at radius 1 is 1.60 bits per heavy atom. The summed E-state index contributed by atoms with van der Waals surface area (Å²) in [6.45, 7) is 3.33. The second-order valence-corrected chi connectivity index (χ2v) is 6.49. The molecule has 1 heterocycles. The highest BCUT2D eigenvalue weighted by atomic mass is 79.9. The summed E-state index contributed by atoms with van der Waals surface area (Å²) in [6, 6.07) is 2.91.